The zero-order valence-corrected chi connectivity index (χ0v) is 27.7. The van der Waals surface area contributed by atoms with E-state index in [1.54, 1.807) is 42.6 Å². The lowest BCUT2D eigenvalue weighted by Crippen LogP contribution is -2.28. The first-order valence-corrected chi connectivity index (χ1v) is 16.6. The van der Waals surface area contributed by atoms with Crippen molar-refractivity contribution >= 4 is 51.7 Å². The van der Waals surface area contributed by atoms with E-state index in [1.165, 1.54) is 29.5 Å². The van der Waals surface area contributed by atoms with Crippen LogP contribution in [0.5, 0.6) is 5.75 Å². The van der Waals surface area contributed by atoms with Crippen LogP contribution in [0.1, 0.15) is 61.1 Å². The molecule has 6 aromatic rings. The zero-order valence-electron chi connectivity index (χ0n) is 26.9. The molecule has 250 valence electrons. The molecule has 11 nitrogen and oxygen atoms in total. The number of carboxylic acid groups (broad SMARTS) is 2. The highest BCUT2D eigenvalue weighted by atomic mass is 32.1. The first-order chi connectivity index (χ1) is 24.1. The molecule has 5 N–H and O–H groups in total. The number of fused-ring (bicyclic) bond motifs is 4. The van der Waals surface area contributed by atoms with Gasteiger partial charge >= 0.3 is 11.9 Å². The number of nitrogens with one attached hydrogen (secondary N) is 3. The standard InChI is InChI=1S/C38H30N4O7S/c1-19(2)17-40-36(44)30-7-6-23(33(41-30)38(47)48)25-16-31-27(34-22(18-49-31)11-13-50-34)15-26(25)35(43)42-29-9-8-28-24(10-12-39-28)32(29)20-4-3-5-21(14-20)37(45)46/h3-16,19,39H,17-18H2,1-2H3,(H,40,44)(H,42,43)(H,45,46)(H,47,48). The van der Waals surface area contributed by atoms with Crippen LogP contribution in [0, 0.1) is 5.92 Å². The van der Waals surface area contributed by atoms with Crippen LogP contribution in [0.4, 0.5) is 5.69 Å². The lowest BCUT2D eigenvalue weighted by atomic mass is 9.92. The molecule has 2 amide bonds. The summed E-state index contributed by atoms with van der Waals surface area (Å²) in [6.45, 7) is 4.58. The fraction of sp³-hybridized carbons (Fsp3) is 0.132. The highest BCUT2D eigenvalue weighted by Crippen LogP contribution is 2.45. The van der Waals surface area contributed by atoms with Crippen molar-refractivity contribution in [2.45, 2.75) is 20.5 Å². The number of carboxylic acids is 2. The highest BCUT2D eigenvalue weighted by molar-refractivity contribution is 7.13. The molecule has 0 unspecified atom stereocenters. The average molecular weight is 687 g/mol. The Morgan fingerprint density at radius 2 is 1.76 bits per heavy atom. The van der Waals surface area contributed by atoms with Gasteiger partial charge in [-0.15, -0.1) is 11.3 Å². The number of hydrogen-bond donors (Lipinski definition) is 5. The minimum atomic E-state index is -1.37. The van der Waals surface area contributed by atoms with Crippen LogP contribution in [0.3, 0.4) is 0 Å². The van der Waals surface area contributed by atoms with Crippen molar-refractivity contribution in [2.75, 3.05) is 11.9 Å². The van der Waals surface area contributed by atoms with E-state index < -0.39 is 29.4 Å². The highest BCUT2D eigenvalue weighted by Gasteiger charge is 2.28. The van der Waals surface area contributed by atoms with Crippen molar-refractivity contribution in [3.63, 3.8) is 0 Å². The quantitative estimate of drug-likeness (QED) is 0.104. The summed E-state index contributed by atoms with van der Waals surface area (Å²) in [5.41, 5.74) is 4.17. The lowest BCUT2D eigenvalue weighted by Gasteiger charge is -2.22. The van der Waals surface area contributed by atoms with Gasteiger partial charge in [-0.25, -0.2) is 14.6 Å². The third-order valence-electron chi connectivity index (χ3n) is 8.41. The number of hydrogen-bond acceptors (Lipinski definition) is 7. The summed E-state index contributed by atoms with van der Waals surface area (Å²) in [7, 11) is 0. The first-order valence-electron chi connectivity index (χ1n) is 15.7. The van der Waals surface area contributed by atoms with Gasteiger partial charge in [0, 0.05) is 67.6 Å². The van der Waals surface area contributed by atoms with E-state index in [9.17, 15) is 29.4 Å². The molecule has 3 aromatic carbocycles. The van der Waals surface area contributed by atoms with Crippen LogP contribution in [0.25, 0.3) is 43.6 Å². The second-order valence-electron chi connectivity index (χ2n) is 12.2. The molecule has 0 aliphatic carbocycles. The Morgan fingerprint density at radius 1 is 0.920 bits per heavy atom. The Balaban J connectivity index is 1.37. The van der Waals surface area contributed by atoms with E-state index in [1.807, 2.05) is 37.4 Å². The number of anilines is 1. The Bertz CT molecular complexity index is 2360. The van der Waals surface area contributed by atoms with Gasteiger partial charge in [0.25, 0.3) is 11.8 Å². The molecule has 50 heavy (non-hydrogen) atoms. The number of carbonyl (C=O) groups excluding carboxylic acids is 2. The number of pyridine rings is 1. The van der Waals surface area contributed by atoms with Crippen LogP contribution in [0.2, 0.25) is 0 Å². The number of benzene rings is 3. The van der Waals surface area contributed by atoms with Gasteiger partial charge in [-0.05, 0) is 77.5 Å². The van der Waals surface area contributed by atoms with E-state index in [4.69, 9.17) is 4.74 Å². The van der Waals surface area contributed by atoms with Crippen molar-refractivity contribution in [2.24, 2.45) is 5.92 Å². The summed E-state index contributed by atoms with van der Waals surface area (Å²) in [6.07, 6.45) is 1.76. The van der Waals surface area contributed by atoms with Gasteiger partial charge in [0.1, 0.15) is 18.1 Å². The topological polar surface area (TPSA) is 171 Å². The Kier molecular flexibility index (Phi) is 8.38. The number of nitrogens with zero attached hydrogens (tertiary/aromatic N) is 1. The summed E-state index contributed by atoms with van der Waals surface area (Å²) in [6, 6.07) is 20.0. The van der Waals surface area contributed by atoms with Gasteiger partial charge < -0.3 is 30.6 Å². The fourth-order valence-electron chi connectivity index (χ4n) is 6.03. The van der Waals surface area contributed by atoms with Gasteiger partial charge in [0.2, 0.25) is 0 Å². The largest absolute Gasteiger partial charge is 0.488 e. The van der Waals surface area contributed by atoms with Crippen LogP contribution < -0.4 is 15.4 Å². The van der Waals surface area contributed by atoms with Gasteiger partial charge in [0.15, 0.2) is 5.69 Å². The van der Waals surface area contributed by atoms with Crippen LogP contribution in [-0.2, 0) is 6.61 Å². The summed E-state index contributed by atoms with van der Waals surface area (Å²) in [4.78, 5) is 60.1. The molecule has 0 radical (unpaired) electrons. The number of thiophene rings is 1. The number of aromatic amines is 1. The second kappa shape index (κ2) is 13.0. The molecule has 12 heteroatoms. The van der Waals surface area contributed by atoms with Gasteiger partial charge in [-0.3, -0.25) is 9.59 Å². The molecule has 1 aliphatic heterocycles. The average Bonchev–Trinajstić information content (AvgIpc) is 3.80. The molecule has 3 aromatic heterocycles. The second-order valence-corrected chi connectivity index (χ2v) is 13.1. The van der Waals surface area contributed by atoms with Gasteiger partial charge in [0.05, 0.1) is 5.56 Å². The molecule has 0 bridgehead atoms. The third kappa shape index (κ3) is 5.96. The number of H-pyrrole nitrogens is 1. The molecule has 0 saturated carbocycles. The molecular formula is C38H30N4O7S. The third-order valence-corrected chi connectivity index (χ3v) is 9.40. The maximum atomic E-state index is 14.5. The van der Waals surface area contributed by atoms with Crippen molar-refractivity contribution < 1.29 is 34.1 Å². The van der Waals surface area contributed by atoms with Crippen molar-refractivity contribution in [3.05, 3.63) is 112 Å². The number of carbonyl (C=O) groups is 4. The van der Waals surface area contributed by atoms with Crippen molar-refractivity contribution in [1.82, 2.24) is 15.3 Å². The maximum Gasteiger partial charge on any atom is 0.355 e. The fourth-order valence-corrected chi connectivity index (χ4v) is 6.96. The van der Waals surface area contributed by atoms with Crippen molar-refractivity contribution in [3.8, 4) is 38.4 Å². The van der Waals surface area contributed by atoms with Crippen molar-refractivity contribution in [1.29, 1.82) is 0 Å². The van der Waals surface area contributed by atoms with Crippen LogP contribution in [-0.4, -0.2) is 50.5 Å². The number of aromatic carboxylic acids is 2. The van der Waals surface area contributed by atoms with E-state index in [0.717, 1.165) is 21.3 Å². The normalized spacial score (nSPS) is 11.8. The molecule has 0 saturated heterocycles. The lowest BCUT2D eigenvalue weighted by molar-refractivity contribution is 0.0682. The summed E-state index contributed by atoms with van der Waals surface area (Å²) in [5, 5.41) is 28.5. The van der Waals surface area contributed by atoms with Gasteiger partial charge in [-0.1, -0.05) is 26.0 Å². The summed E-state index contributed by atoms with van der Waals surface area (Å²) >= 11 is 1.51. The van der Waals surface area contributed by atoms with E-state index >= 15 is 0 Å². The SMILES string of the molecule is CC(C)CNC(=O)c1ccc(-c2cc3c(cc2C(=O)Nc2ccc4[nH]ccc4c2-c2cccc(C(=O)O)c2)-c2sccc2CO3)c(C(=O)O)n1. The maximum absolute atomic E-state index is 14.5. The first kappa shape index (κ1) is 32.3. The number of ether oxygens (including phenoxy) is 1. The predicted octanol–water partition coefficient (Wildman–Crippen LogP) is 7.55. The molecular weight excluding hydrogens is 657 g/mol. The Hall–Kier alpha value is -6.27. The van der Waals surface area contributed by atoms with E-state index in [0.29, 0.717) is 41.3 Å². The number of amides is 2. The minimum absolute atomic E-state index is 0.0664. The zero-order chi connectivity index (χ0) is 35.1. The van der Waals surface area contributed by atoms with Crippen LogP contribution >= 0.6 is 11.3 Å². The molecule has 7 rings (SSSR count). The Labute approximate surface area is 289 Å². The van der Waals surface area contributed by atoms with Gasteiger partial charge in [-0.2, -0.15) is 0 Å². The monoisotopic (exact) mass is 686 g/mol. The van der Waals surface area contributed by atoms with Crippen LogP contribution in [0.15, 0.2) is 84.4 Å². The number of rotatable bonds is 9. The molecule has 0 atom stereocenters. The smallest absolute Gasteiger partial charge is 0.355 e. The van der Waals surface area contributed by atoms with E-state index in [-0.39, 0.29) is 33.9 Å². The molecule has 0 fully saturated rings. The van der Waals surface area contributed by atoms with E-state index in [2.05, 4.69) is 20.6 Å². The molecule has 0 spiro atoms. The number of aromatic nitrogens is 2. The molecule has 1 aliphatic rings. The Morgan fingerprint density at radius 3 is 2.54 bits per heavy atom. The minimum Gasteiger partial charge on any atom is -0.488 e. The summed E-state index contributed by atoms with van der Waals surface area (Å²) < 4.78 is 6.08. The molecule has 4 heterocycles. The summed E-state index contributed by atoms with van der Waals surface area (Å²) in [5.74, 6) is -2.86. The predicted molar refractivity (Wildman–Crippen MR) is 190 cm³/mol.